The fourth-order valence-corrected chi connectivity index (χ4v) is 5.01. The van der Waals surface area contributed by atoms with Crippen LogP contribution in [0.1, 0.15) is 31.2 Å². The quantitative estimate of drug-likeness (QED) is 0.537. The Kier molecular flexibility index (Phi) is 6.26. The van der Waals surface area contributed by atoms with Gasteiger partial charge in [0.25, 0.3) is 0 Å². The molecule has 0 atom stereocenters. The Morgan fingerprint density at radius 2 is 1.90 bits per heavy atom. The molecule has 1 saturated carbocycles. The van der Waals surface area contributed by atoms with Gasteiger partial charge in [-0.3, -0.25) is 4.90 Å². The first kappa shape index (κ1) is 20.6. The highest BCUT2D eigenvalue weighted by atomic mass is 32.1. The van der Waals surface area contributed by atoms with E-state index in [1.54, 1.807) is 6.20 Å². The minimum absolute atomic E-state index is 0.163. The molecule has 1 saturated heterocycles. The van der Waals surface area contributed by atoms with Crippen molar-refractivity contribution < 1.29 is 9.84 Å². The van der Waals surface area contributed by atoms with Crippen molar-refractivity contribution in [3.63, 3.8) is 0 Å². The van der Waals surface area contributed by atoms with Crippen LogP contribution < -0.4 is 10.6 Å². The van der Waals surface area contributed by atoms with E-state index >= 15 is 0 Å². The smallest absolute Gasteiger partial charge is 0.190 e. The lowest BCUT2D eigenvalue weighted by Gasteiger charge is -2.28. The molecule has 3 aromatic rings. The fraction of sp³-hybridized carbons (Fsp3) is 0.500. The maximum Gasteiger partial charge on any atom is 0.190 e. The van der Waals surface area contributed by atoms with E-state index in [0.29, 0.717) is 6.04 Å². The summed E-state index contributed by atoms with van der Waals surface area (Å²) in [6.45, 7) is 4.31. The number of hydrogen-bond donors (Lipinski definition) is 3. The molecule has 9 heteroatoms. The summed E-state index contributed by atoms with van der Waals surface area (Å²) < 4.78 is 5.49. The Morgan fingerprint density at radius 1 is 1.10 bits per heavy atom. The highest BCUT2D eigenvalue weighted by Crippen LogP contribution is 2.28. The first-order valence-electron chi connectivity index (χ1n) is 11.0. The minimum Gasteiger partial charge on any atom is -0.393 e. The van der Waals surface area contributed by atoms with Crippen LogP contribution >= 0.6 is 11.3 Å². The number of aliphatic hydroxyl groups is 1. The van der Waals surface area contributed by atoms with Crippen molar-refractivity contribution in [2.45, 2.75) is 44.4 Å². The maximum atomic E-state index is 9.81. The maximum absolute atomic E-state index is 9.81. The number of morpholine rings is 1. The molecule has 3 aromatic heterocycles. The molecular weight excluding hydrogens is 412 g/mol. The van der Waals surface area contributed by atoms with Crippen LogP contribution in [0, 0.1) is 0 Å². The monoisotopic (exact) mass is 440 g/mol. The number of rotatable bonds is 6. The number of nitrogens with one attached hydrogen (secondary N) is 2. The molecular formula is C22H28N6O2S. The topological polar surface area (TPSA) is 95.4 Å². The van der Waals surface area contributed by atoms with Crippen molar-refractivity contribution in [1.82, 2.24) is 19.9 Å². The van der Waals surface area contributed by atoms with Gasteiger partial charge in [0.05, 0.1) is 19.3 Å². The molecule has 1 aliphatic heterocycles. The van der Waals surface area contributed by atoms with Crippen LogP contribution in [0.25, 0.3) is 10.3 Å². The third-order valence-corrected chi connectivity index (χ3v) is 6.74. The second kappa shape index (κ2) is 9.44. The zero-order chi connectivity index (χ0) is 21.0. The van der Waals surface area contributed by atoms with Crippen LogP contribution in [0.3, 0.4) is 0 Å². The lowest BCUT2D eigenvalue weighted by Crippen LogP contribution is -2.35. The van der Waals surface area contributed by atoms with Gasteiger partial charge in [-0.25, -0.2) is 15.0 Å². The number of pyridine rings is 2. The summed E-state index contributed by atoms with van der Waals surface area (Å²) >= 11 is 1.53. The van der Waals surface area contributed by atoms with E-state index in [9.17, 15) is 5.11 Å². The Labute approximate surface area is 185 Å². The second-order valence-corrected chi connectivity index (χ2v) is 9.23. The van der Waals surface area contributed by atoms with Crippen molar-refractivity contribution in [2.75, 3.05) is 36.9 Å². The molecule has 3 N–H and O–H groups in total. The molecule has 1 aliphatic carbocycles. The predicted molar refractivity (Wildman–Crippen MR) is 123 cm³/mol. The largest absolute Gasteiger partial charge is 0.393 e. The summed E-state index contributed by atoms with van der Waals surface area (Å²) in [6.07, 6.45) is 5.23. The molecule has 31 heavy (non-hydrogen) atoms. The summed E-state index contributed by atoms with van der Waals surface area (Å²) in [5.74, 6) is 1.65. The second-order valence-electron chi connectivity index (χ2n) is 8.26. The van der Waals surface area contributed by atoms with Gasteiger partial charge in [-0.2, -0.15) is 0 Å². The van der Waals surface area contributed by atoms with Gasteiger partial charge >= 0.3 is 0 Å². The zero-order valence-electron chi connectivity index (χ0n) is 17.5. The SMILES string of the molecule is OC1CCC(Nc2cc(CN3CCOCC3)cc(Nc3nc4cccnc4s3)n2)CC1. The van der Waals surface area contributed by atoms with Crippen molar-refractivity contribution in [1.29, 1.82) is 0 Å². The first-order valence-corrected chi connectivity index (χ1v) is 11.8. The molecule has 0 radical (unpaired) electrons. The third-order valence-electron chi connectivity index (χ3n) is 5.85. The molecule has 5 rings (SSSR count). The fourth-order valence-electron chi connectivity index (χ4n) is 4.20. The van der Waals surface area contributed by atoms with Crippen molar-refractivity contribution in [2.24, 2.45) is 0 Å². The van der Waals surface area contributed by atoms with Gasteiger partial charge in [-0.05, 0) is 55.5 Å². The number of fused-ring (bicyclic) bond motifs is 1. The average molecular weight is 441 g/mol. The first-order chi connectivity index (χ1) is 15.2. The molecule has 0 bridgehead atoms. The molecule has 0 spiro atoms. The molecule has 2 aliphatic rings. The van der Waals surface area contributed by atoms with Crippen LogP contribution in [0.4, 0.5) is 16.8 Å². The Hall–Kier alpha value is -2.33. The van der Waals surface area contributed by atoms with Crippen LogP contribution in [0.5, 0.6) is 0 Å². The van der Waals surface area contributed by atoms with Crippen molar-refractivity contribution in [3.05, 3.63) is 36.0 Å². The van der Waals surface area contributed by atoms with Crippen molar-refractivity contribution >= 4 is 38.5 Å². The Balaban J connectivity index is 1.37. The number of aromatic nitrogens is 3. The van der Waals surface area contributed by atoms with Crippen LogP contribution in [-0.4, -0.2) is 63.4 Å². The van der Waals surface area contributed by atoms with E-state index in [0.717, 1.165) is 85.6 Å². The molecule has 2 fully saturated rings. The van der Waals surface area contributed by atoms with Gasteiger partial charge in [-0.1, -0.05) is 11.3 Å². The van der Waals surface area contributed by atoms with Gasteiger partial charge in [0, 0.05) is 31.9 Å². The van der Waals surface area contributed by atoms with E-state index < -0.39 is 0 Å². The molecule has 0 unspecified atom stereocenters. The summed E-state index contributed by atoms with van der Waals surface area (Å²) in [5, 5.41) is 17.6. The standard InChI is InChI=1S/C22H28N6O2S/c29-17-5-3-16(4-6-17)24-19-12-15(14-28-8-10-30-11-9-28)13-20(26-19)27-22-25-18-2-1-7-23-21(18)31-22/h1-2,7,12-13,16-17,29H,3-6,8-11,14H2,(H2,24,25,26,27). The third kappa shape index (κ3) is 5.30. The number of hydrogen-bond acceptors (Lipinski definition) is 9. The summed E-state index contributed by atoms with van der Waals surface area (Å²) in [6, 6.07) is 8.46. The number of nitrogens with zero attached hydrogens (tertiary/aromatic N) is 4. The molecule has 4 heterocycles. The van der Waals surface area contributed by atoms with Crippen LogP contribution in [0.15, 0.2) is 30.5 Å². The molecule has 8 nitrogen and oxygen atoms in total. The highest BCUT2D eigenvalue weighted by Gasteiger charge is 2.20. The van der Waals surface area contributed by atoms with E-state index in [1.165, 1.54) is 16.9 Å². The van der Waals surface area contributed by atoms with E-state index in [2.05, 4.69) is 37.6 Å². The lowest BCUT2D eigenvalue weighted by molar-refractivity contribution is 0.0342. The summed E-state index contributed by atoms with van der Waals surface area (Å²) in [4.78, 5) is 17.2. The Morgan fingerprint density at radius 3 is 2.71 bits per heavy atom. The zero-order valence-corrected chi connectivity index (χ0v) is 18.3. The Bertz CT molecular complexity index is 981. The van der Waals surface area contributed by atoms with Gasteiger partial charge in [0.15, 0.2) is 5.13 Å². The van der Waals surface area contributed by atoms with Gasteiger partial charge in [0.2, 0.25) is 0 Å². The van der Waals surface area contributed by atoms with E-state index in [4.69, 9.17) is 9.72 Å². The lowest BCUT2D eigenvalue weighted by atomic mass is 9.93. The molecule has 164 valence electrons. The summed E-state index contributed by atoms with van der Waals surface area (Å²) in [5.41, 5.74) is 2.09. The van der Waals surface area contributed by atoms with Crippen LogP contribution in [-0.2, 0) is 11.3 Å². The predicted octanol–water partition coefficient (Wildman–Crippen LogP) is 3.38. The number of ether oxygens (including phenoxy) is 1. The number of aliphatic hydroxyl groups excluding tert-OH is 1. The van der Waals surface area contributed by atoms with Gasteiger partial charge in [0.1, 0.15) is 22.0 Å². The highest BCUT2D eigenvalue weighted by molar-refractivity contribution is 7.21. The molecule has 0 aromatic carbocycles. The van der Waals surface area contributed by atoms with E-state index in [1.807, 2.05) is 12.1 Å². The average Bonchev–Trinajstić information content (AvgIpc) is 3.18. The van der Waals surface area contributed by atoms with Crippen LogP contribution in [0.2, 0.25) is 0 Å². The molecule has 0 amide bonds. The summed E-state index contributed by atoms with van der Waals surface area (Å²) in [7, 11) is 0. The normalized spacial score (nSPS) is 22.5. The minimum atomic E-state index is -0.163. The van der Waals surface area contributed by atoms with Crippen molar-refractivity contribution in [3.8, 4) is 0 Å². The number of thiazole rings is 1. The van der Waals surface area contributed by atoms with Gasteiger partial charge in [-0.15, -0.1) is 0 Å². The van der Waals surface area contributed by atoms with E-state index in [-0.39, 0.29) is 6.10 Å². The number of anilines is 3. The van der Waals surface area contributed by atoms with Gasteiger partial charge < -0.3 is 20.5 Å².